The molecule has 1 aliphatic heterocycles. The van der Waals surface area contributed by atoms with E-state index in [2.05, 4.69) is 26.1 Å². The first-order chi connectivity index (χ1) is 7.16. The normalized spacial score (nSPS) is 47.8. The fraction of sp³-hybridized carbons (Fsp3) is 1.00. The molecule has 0 aromatic rings. The number of nitrogens with one attached hydrogen (secondary N) is 1. The number of hydrogen-bond acceptors (Lipinski definition) is 1. The van der Waals surface area contributed by atoms with Crippen LogP contribution in [0.3, 0.4) is 0 Å². The van der Waals surface area contributed by atoms with Crippen molar-refractivity contribution >= 4 is 0 Å². The van der Waals surface area contributed by atoms with Crippen LogP contribution in [-0.4, -0.2) is 12.6 Å². The van der Waals surface area contributed by atoms with E-state index in [-0.39, 0.29) is 0 Å². The Morgan fingerprint density at radius 2 is 1.67 bits per heavy atom. The van der Waals surface area contributed by atoms with Gasteiger partial charge in [0.15, 0.2) is 0 Å². The summed E-state index contributed by atoms with van der Waals surface area (Å²) in [5.74, 6) is 3.83. The summed E-state index contributed by atoms with van der Waals surface area (Å²) in [6.45, 7) is 8.55. The zero-order chi connectivity index (χ0) is 10.8. The minimum atomic E-state index is 0.837. The minimum Gasteiger partial charge on any atom is -0.314 e. The Bertz CT molecular complexity index is 202. The van der Waals surface area contributed by atoms with Crippen LogP contribution in [0.15, 0.2) is 0 Å². The summed E-state index contributed by atoms with van der Waals surface area (Å²) in [7, 11) is 0. The third kappa shape index (κ3) is 2.75. The average molecular weight is 209 g/mol. The average Bonchev–Trinajstić information content (AvgIpc) is 2.22. The minimum absolute atomic E-state index is 0.837. The van der Waals surface area contributed by atoms with E-state index >= 15 is 0 Å². The number of hydrogen-bond donors (Lipinski definition) is 1. The lowest BCUT2D eigenvalue weighted by Gasteiger charge is -2.40. The van der Waals surface area contributed by atoms with Crippen molar-refractivity contribution in [3.8, 4) is 0 Å². The molecule has 88 valence electrons. The molecule has 2 rings (SSSR count). The third-order valence-corrected chi connectivity index (χ3v) is 4.91. The second-order valence-corrected chi connectivity index (χ2v) is 6.22. The second kappa shape index (κ2) is 4.86. The molecule has 0 aromatic carbocycles. The Morgan fingerprint density at radius 3 is 2.33 bits per heavy atom. The SMILES string of the molecule is CC1CCNC(C2CCC(C)C(C)C2)C1. The molecule has 0 bridgehead atoms. The van der Waals surface area contributed by atoms with Gasteiger partial charge in [0.2, 0.25) is 0 Å². The van der Waals surface area contributed by atoms with Crippen molar-refractivity contribution in [1.82, 2.24) is 5.32 Å². The summed E-state index contributed by atoms with van der Waals surface area (Å²) in [6, 6.07) is 0.837. The highest BCUT2D eigenvalue weighted by atomic mass is 14.9. The Balaban J connectivity index is 1.87. The lowest BCUT2D eigenvalue weighted by Crippen LogP contribution is -2.44. The van der Waals surface area contributed by atoms with Crippen LogP contribution in [0, 0.1) is 23.7 Å². The maximum atomic E-state index is 3.75. The topological polar surface area (TPSA) is 12.0 Å². The zero-order valence-corrected chi connectivity index (χ0v) is 10.6. The van der Waals surface area contributed by atoms with E-state index in [4.69, 9.17) is 0 Å². The molecule has 1 nitrogen and oxygen atoms in total. The first-order valence-electron chi connectivity index (χ1n) is 6.90. The smallest absolute Gasteiger partial charge is 0.00979 e. The lowest BCUT2D eigenvalue weighted by molar-refractivity contribution is 0.143. The molecule has 15 heavy (non-hydrogen) atoms. The zero-order valence-electron chi connectivity index (χ0n) is 10.6. The van der Waals surface area contributed by atoms with Gasteiger partial charge in [-0.3, -0.25) is 0 Å². The molecule has 1 saturated carbocycles. The van der Waals surface area contributed by atoms with Gasteiger partial charge in [0.05, 0.1) is 0 Å². The summed E-state index contributed by atoms with van der Waals surface area (Å²) < 4.78 is 0. The summed E-state index contributed by atoms with van der Waals surface area (Å²) in [6.07, 6.45) is 7.20. The van der Waals surface area contributed by atoms with Crippen molar-refractivity contribution in [2.45, 2.75) is 58.9 Å². The summed E-state index contributed by atoms with van der Waals surface area (Å²) in [5, 5.41) is 3.75. The van der Waals surface area contributed by atoms with Crippen LogP contribution < -0.4 is 5.32 Å². The Labute approximate surface area is 95.0 Å². The van der Waals surface area contributed by atoms with E-state index < -0.39 is 0 Å². The molecular weight excluding hydrogens is 182 g/mol. The number of rotatable bonds is 1. The van der Waals surface area contributed by atoms with Crippen LogP contribution in [0.4, 0.5) is 0 Å². The molecule has 1 saturated heterocycles. The monoisotopic (exact) mass is 209 g/mol. The molecule has 1 heterocycles. The van der Waals surface area contributed by atoms with Crippen LogP contribution >= 0.6 is 0 Å². The van der Waals surface area contributed by atoms with Crippen molar-refractivity contribution in [2.75, 3.05) is 6.54 Å². The van der Waals surface area contributed by atoms with Gasteiger partial charge in [-0.25, -0.2) is 0 Å². The van der Waals surface area contributed by atoms with Gasteiger partial charge < -0.3 is 5.32 Å². The van der Waals surface area contributed by atoms with Gasteiger partial charge in [0.25, 0.3) is 0 Å². The molecule has 0 radical (unpaired) electrons. The van der Waals surface area contributed by atoms with Crippen molar-refractivity contribution in [3.63, 3.8) is 0 Å². The molecule has 5 unspecified atom stereocenters. The maximum Gasteiger partial charge on any atom is 0.00979 e. The Morgan fingerprint density at radius 1 is 0.867 bits per heavy atom. The van der Waals surface area contributed by atoms with Crippen molar-refractivity contribution in [1.29, 1.82) is 0 Å². The van der Waals surface area contributed by atoms with Crippen molar-refractivity contribution in [2.24, 2.45) is 23.7 Å². The van der Waals surface area contributed by atoms with Gasteiger partial charge in [-0.2, -0.15) is 0 Å². The predicted octanol–water partition coefficient (Wildman–Crippen LogP) is 3.45. The third-order valence-electron chi connectivity index (χ3n) is 4.91. The predicted molar refractivity (Wildman–Crippen MR) is 65.9 cm³/mol. The molecular formula is C14H27N. The summed E-state index contributed by atoms with van der Waals surface area (Å²) in [4.78, 5) is 0. The quantitative estimate of drug-likeness (QED) is 0.697. The van der Waals surface area contributed by atoms with Crippen LogP contribution in [0.5, 0.6) is 0 Å². The largest absolute Gasteiger partial charge is 0.314 e. The Kier molecular flexibility index (Phi) is 3.71. The molecule has 5 atom stereocenters. The molecule has 2 aliphatic rings. The molecule has 0 aromatic heterocycles. The van der Waals surface area contributed by atoms with Crippen LogP contribution in [0.1, 0.15) is 52.9 Å². The fourth-order valence-corrected chi connectivity index (χ4v) is 3.46. The van der Waals surface area contributed by atoms with Gasteiger partial charge in [-0.05, 0) is 55.9 Å². The van der Waals surface area contributed by atoms with Gasteiger partial charge in [-0.1, -0.05) is 27.2 Å². The van der Waals surface area contributed by atoms with E-state index in [1.807, 2.05) is 0 Å². The number of piperidine rings is 1. The second-order valence-electron chi connectivity index (χ2n) is 6.22. The summed E-state index contributed by atoms with van der Waals surface area (Å²) >= 11 is 0. The van der Waals surface area contributed by atoms with Crippen molar-refractivity contribution < 1.29 is 0 Å². The molecule has 1 heteroatoms. The highest BCUT2D eigenvalue weighted by molar-refractivity contribution is 4.87. The van der Waals surface area contributed by atoms with Crippen LogP contribution in [0.25, 0.3) is 0 Å². The van der Waals surface area contributed by atoms with Gasteiger partial charge in [0.1, 0.15) is 0 Å². The maximum absolute atomic E-state index is 3.75. The molecule has 1 N–H and O–H groups in total. The molecule has 2 fully saturated rings. The standard InChI is InChI=1S/C14H27N/c1-10-6-7-15-14(8-10)13-5-4-11(2)12(3)9-13/h10-15H,4-9H2,1-3H3. The van der Waals surface area contributed by atoms with E-state index in [1.54, 1.807) is 0 Å². The first-order valence-corrected chi connectivity index (χ1v) is 6.90. The van der Waals surface area contributed by atoms with E-state index in [1.165, 1.54) is 38.6 Å². The first kappa shape index (κ1) is 11.4. The van der Waals surface area contributed by atoms with E-state index in [0.29, 0.717) is 0 Å². The van der Waals surface area contributed by atoms with E-state index in [9.17, 15) is 0 Å². The molecule has 1 aliphatic carbocycles. The highest BCUT2D eigenvalue weighted by Crippen LogP contribution is 2.37. The van der Waals surface area contributed by atoms with Gasteiger partial charge in [0, 0.05) is 6.04 Å². The van der Waals surface area contributed by atoms with E-state index in [0.717, 1.165) is 29.7 Å². The molecule has 0 amide bonds. The van der Waals surface area contributed by atoms with Crippen molar-refractivity contribution in [3.05, 3.63) is 0 Å². The molecule has 0 spiro atoms. The summed E-state index contributed by atoms with van der Waals surface area (Å²) in [5.41, 5.74) is 0. The van der Waals surface area contributed by atoms with Gasteiger partial charge >= 0.3 is 0 Å². The Hall–Kier alpha value is -0.0400. The van der Waals surface area contributed by atoms with Crippen LogP contribution in [-0.2, 0) is 0 Å². The van der Waals surface area contributed by atoms with Crippen LogP contribution in [0.2, 0.25) is 0 Å². The van der Waals surface area contributed by atoms with Gasteiger partial charge in [-0.15, -0.1) is 0 Å². The fourth-order valence-electron chi connectivity index (χ4n) is 3.46. The highest BCUT2D eigenvalue weighted by Gasteiger charge is 2.31. The lowest BCUT2D eigenvalue weighted by atomic mass is 9.71.